The first-order chi connectivity index (χ1) is 9.39. The number of anilines is 1. The summed E-state index contributed by atoms with van der Waals surface area (Å²) < 4.78 is 0.752. The molecule has 0 spiro atoms. The molecule has 0 aromatic carbocycles. The van der Waals surface area contributed by atoms with Gasteiger partial charge in [-0.1, -0.05) is 6.92 Å². The number of nitrogens with one attached hydrogen (secondary N) is 1. The number of hydrogen-bond donors (Lipinski definition) is 2. The Morgan fingerprint density at radius 2 is 2.20 bits per heavy atom. The second kappa shape index (κ2) is 6.10. The number of nitrogen functional groups attached to an aromatic ring is 1. The minimum absolute atomic E-state index is 0.156. The van der Waals surface area contributed by atoms with E-state index in [1.165, 1.54) is 0 Å². The van der Waals surface area contributed by atoms with Crippen LogP contribution in [-0.4, -0.2) is 42.5 Å². The Balaban J connectivity index is 1.97. The molecular formula is C14H21BrN4O. The second-order valence-corrected chi connectivity index (χ2v) is 6.80. The number of carbonyl (C=O) groups excluding carboxylic acids is 1. The van der Waals surface area contributed by atoms with Crippen molar-refractivity contribution < 1.29 is 4.79 Å². The van der Waals surface area contributed by atoms with E-state index in [0.717, 1.165) is 30.4 Å². The number of nitrogens with zero attached hydrogens (tertiary/aromatic N) is 2. The van der Waals surface area contributed by atoms with Gasteiger partial charge in [-0.2, -0.15) is 0 Å². The number of likely N-dealkylation sites (tertiary alicyclic amines) is 1. The summed E-state index contributed by atoms with van der Waals surface area (Å²) in [5.41, 5.74) is 6.34. The fraction of sp³-hybridized carbons (Fsp3) is 0.571. The summed E-state index contributed by atoms with van der Waals surface area (Å²) in [5, 5.41) is 2.99. The number of pyridine rings is 1. The van der Waals surface area contributed by atoms with Gasteiger partial charge in [0, 0.05) is 17.2 Å². The van der Waals surface area contributed by atoms with Crippen LogP contribution in [0.15, 0.2) is 16.7 Å². The molecule has 20 heavy (non-hydrogen) atoms. The maximum Gasteiger partial charge on any atom is 0.255 e. The lowest BCUT2D eigenvalue weighted by molar-refractivity contribution is 0.0892. The summed E-state index contributed by atoms with van der Waals surface area (Å²) >= 11 is 3.31. The van der Waals surface area contributed by atoms with E-state index in [1.807, 2.05) is 0 Å². The van der Waals surface area contributed by atoms with Crippen LogP contribution >= 0.6 is 15.9 Å². The number of halogens is 1. The molecule has 1 aliphatic heterocycles. The van der Waals surface area contributed by atoms with E-state index in [-0.39, 0.29) is 17.1 Å². The Bertz CT molecular complexity index is 498. The Morgan fingerprint density at radius 1 is 1.55 bits per heavy atom. The molecule has 1 fully saturated rings. The zero-order valence-electron chi connectivity index (χ0n) is 11.9. The van der Waals surface area contributed by atoms with E-state index in [0.29, 0.717) is 12.1 Å². The summed E-state index contributed by atoms with van der Waals surface area (Å²) in [4.78, 5) is 18.5. The van der Waals surface area contributed by atoms with Gasteiger partial charge in [-0.3, -0.25) is 4.79 Å². The van der Waals surface area contributed by atoms with E-state index in [9.17, 15) is 4.79 Å². The Labute approximate surface area is 128 Å². The van der Waals surface area contributed by atoms with Crippen molar-refractivity contribution in [1.29, 1.82) is 0 Å². The fourth-order valence-corrected chi connectivity index (χ4v) is 2.69. The van der Waals surface area contributed by atoms with Crippen LogP contribution in [-0.2, 0) is 0 Å². The van der Waals surface area contributed by atoms with Crippen molar-refractivity contribution in [1.82, 2.24) is 15.2 Å². The van der Waals surface area contributed by atoms with Gasteiger partial charge in [0.2, 0.25) is 0 Å². The van der Waals surface area contributed by atoms with Crippen LogP contribution in [0.5, 0.6) is 0 Å². The van der Waals surface area contributed by atoms with Crippen molar-refractivity contribution in [3.05, 3.63) is 22.3 Å². The smallest absolute Gasteiger partial charge is 0.255 e. The van der Waals surface area contributed by atoms with Gasteiger partial charge in [-0.15, -0.1) is 0 Å². The number of hydrogen-bond acceptors (Lipinski definition) is 4. The molecule has 1 amide bonds. The summed E-state index contributed by atoms with van der Waals surface area (Å²) in [6, 6.07) is 1.70. The quantitative estimate of drug-likeness (QED) is 0.881. The molecule has 5 nitrogen and oxygen atoms in total. The molecule has 1 aliphatic rings. The normalized spacial score (nSPS) is 18.8. The number of amides is 1. The third-order valence-corrected chi connectivity index (χ3v) is 4.43. The molecule has 1 aromatic rings. The molecule has 0 aliphatic carbocycles. The van der Waals surface area contributed by atoms with Crippen LogP contribution in [0.25, 0.3) is 0 Å². The molecular weight excluding hydrogens is 320 g/mol. The zero-order valence-corrected chi connectivity index (χ0v) is 13.5. The van der Waals surface area contributed by atoms with E-state index in [4.69, 9.17) is 5.73 Å². The van der Waals surface area contributed by atoms with Gasteiger partial charge in [0.15, 0.2) is 0 Å². The fourth-order valence-electron chi connectivity index (χ4n) is 2.36. The Hall–Kier alpha value is -1.14. The van der Waals surface area contributed by atoms with Crippen LogP contribution in [0, 0.1) is 5.41 Å². The van der Waals surface area contributed by atoms with Crippen LogP contribution in [0.3, 0.4) is 0 Å². The second-order valence-electron chi connectivity index (χ2n) is 5.88. The van der Waals surface area contributed by atoms with Crippen LogP contribution < -0.4 is 11.1 Å². The van der Waals surface area contributed by atoms with Crippen molar-refractivity contribution in [3.63, 3.8) is 0 Å². The van der Waals surface area contributed by atoms with E-state index in [1.54, 1.807) is 12.3 Å². The van der Waals surface area contributed by atoms with Gasteiger partial charge in [0.25, 0.3) is 5.91 Å². The van der Waals surface area contributed by atoms with Gasteiger partial charge >= 0.3 is 0 Å². The third kappa shape index (κ3) is 3.70. The van der Waals surface area contributed by atoms with Gasteiger partial charge in [-0.25, -0.2) is 4.98 Å². The standard InChI is InChI=1S/C14H21BrN4O/c1-14(3-5-19(2)6-4-14)9-18-13(20)11-7-10(15)8-17-12(11)16/h7-8H,3-6,9H2,1-2H3,(H2,16,17)(H,18,20). The first-order valence-electron chi connectivity index (χ1n) is 6.77. The number of piperidine rings is 1. The molecule has 110 valence electrons. The van der Waals surface area contributed by atoms with Gasteiger partial charge in [0.05, 0.1) is 5.56 Å². The van der Waals surface area contributed by atoms with Crippen molar-refractivity contribution in [2.45, 2.75) is 19.8 Å². The molecule has 1 saturated heterocycles. The Morgan fingerprint density at radius 3 is 2.85 bits per heavy atom. The molecule has 0 unspecified atom stereocenters. The minimum Gasteiger partial charge on any atom is -0.383 e. The summed E-state index contributed by atoms with van der Waals surface area (Å²) in [6.07, 6.45) is 3.77. The topological polar surface area (TPSA) is 71.2 Å². The highest BCUT2D eigenvalue weighted by Crippen LogP contribution is 2.29. The lowest BCUT2D eigenvalue weighted by Gasteiger charge is -2.37. The highest BCUT2D eigenvalue weighted by Gasteiger charge is 2.29. The lowest BCUT2D eigenvalue weighted by atomic mass is 9.80. The average Bonchev–Trinajstić information content (AvgIpc) is 2.43. The van der Waals surface area contributed by atoms with Crippen molar-refractivity contribution >= 4 is 27.7 Å². The van der Waals surface area contributed by atoms with Gasteiger partial charge in [0.1, 0.15) is 5.82 Å². The largest absolute Gasteiger partial charge is 0.383 e. The molecule has 2 rings (SSSR count). The average molecular weight is 341 g/mol. The van der Waals surface area contributed by atoms with Gasteiger partial charge in [-0.05, 0) is 60.4 Å². The lowest BCUT2D eigenvalue weighted by Crippen LogP contribution is -2.43. The molecule has 3 N–H and O–H groups in total. The molecule has 0 atom stereocenters. The highest BCUT2D eigenvalue weighted by molar-refractivity contribution is 9.10. The van der Waals surface area contributed by atoms with E-state index < -0.39 is 0 Å². The molecule has 0 radical (unpaired) electrons. The monoisotopic (exact) mass is 340 g/mol. The van der Waals surface area contributed by atoms with Crippen LogP contribution in [0.2, 0.25) is 0 Å². The maximum absolute atomic E-state index is 12.2. The highest BCUT2D eigenvalue weighted by atomic mass is 79.9. The summed E-state index contributed by atoms with van der Waals surface area (Å²) in [7, 11) is 2.13. The van der Waals surface area contributed by atoms with E-state index >= 15 is 0 Å². The number of aromatic nitrogens is 1. The van der Waals surface area contributed by atoms with Crippen LogP contribution in [0.1, 0.15) is 30.1 Å². The molecule has 1 aromatic heterocycles. The molecule has 2 heterocycles. The predicted octanol–water partition coefficient (Wildman–Crippen LogP) is 1.89. The zero-order chi connectivity index (χ0) is 14.8. The Kier molecular flexibility index (Phi) is 4.65. The number of nitrogens with two attached hydrogens (primary N) is 1. The van der Waals surface area contributed by atoms with E-state index in [2.05, 4.69) is 45.1 Å². The summed E-state index contributed by atoms with van der Waals surface area (Å²) in [5.74, 6) is 0.107. The first kappa shape index (κ1) is 15.3. The van der Waals surface area contributed by atoms with Crippen molar-refractivity contribution in [3.8, 4) is 0 Å². The predicted molar refractivity (Wildman–Crippen MR) is 83.5 cm³/mol. The first-order valence-corrected chi connectivity index (χ1v) is 7.57. The number of rotatable bonds is 3. The molecule has 0 bridgehead atoms. The minimum atomic E-state index is -0.156. The summed E-state index contributed by atoms with van der Waals surface area (Å²) in [6.45, 7) is 5.05. The molecule has 0 saturated carbocycles. The SMILES string of the molecule is CN1CCC(C)(CNC(=O)c2cc(Br)cnc2N)CC1. The van der Waals surface area contributed by atoms with Gasteiger partial charge < -0.3 is 16.0 Å². The number of carbonyl (C=O) groups is 1. The third-order valence-electron chi connectivity index (χ3n) is 4.00. The van der Waals surface area contributed by atoms with Crippen molar-refractivity contribution in [2.24, 2.45) is 5.41 Å². The maximum atomic E-state index is 12.2. The van der Waals surface area contributed by atoms with Crippen molar-refractivity contribution in [2.75, 3.05) is 32.4 Å². The van der Waals surface area contributed by atoms with Crippen LogP contribution in [0.4, 0.5) is 5.82 Å². The molecule has 6 heteroatoms.